The van der Waals surface area contributed by atoms with Crippen molar-refractivity contribution in [2.24, 2.45) is 53.1 Å². The van der Waals surface area contributed by atoms with E-state index < -0.39 is 89.8 Å². The zero-order chi connectivity index (χ0) is 72.0. The number of primary amides is 1. The van der Waals surface area contributed by atoms with E-state index in [4.69, 9.17) is 28.8 Å². The number of hydrogen-bond acceptors (Lipinski definition) is 19. The van der Waals surface area contributed by atoms with Crippen LogP contribution >= 0.6 is 0 Å². The predicted octanol–water partition coefficient (Wildman–Crippen LogP) is 8.66. The highest BCUT2D eigenvalue weighted by Crippen LogP contribution is 2.34. The Kier molecular flexibility index (Phi) is 31.4. The van der Waals surface area contributed by atoms with E-state index in [1.165, 1.54) is 19.1 Å². The molecule has 3 heterocycles. The first kappa shape index (κ1) is 79.7. The number of nitrogens with two attached hydrogens (primary N) is 1. The Morgan fingerprint density at radius 3 is 1.97 bits per heavy atom. The fourth-order valence-electron chi connectivity index (χ4n) is 13.2. The monoisotopic (exact) mass is 1350 g/mol. The number of aryl methyl sites for hydroxylation is 2. The number of hydrogen-bond donors (Lipinski definition) is 5. The van der Waals surface area contributed by atoms with E-state index in [0.717, 1.165) is 5.56 Å². The number of carbonyl (C=O) groups excluding carboxylic acids is 9. The summed E-state index contributed by atoms with van der Waals surface area (Å²) in [4.78, 5) is 130. The maximum Gasteiger partial charge on any atom is 0.410 e. The van der Waals surface area contributed by atoms with Crippen molar-refractivity contribution in [1.29, 1.82) is 0 Å². The number of nitrogens with zero attached hydrogens (tertiary/aromatic N) is 7. The average molecular weight is 1350 g/mol. The second kappa shape index (κ2) is 38.2. The molecule has 0 bridgehead atoms. The lowest BCUT2D eigenvalue weighted by molar-refractivity contribution is -0.149. The van der Waals surface area contributed by atoms with Crippen LogP contribution < -0.4 is 21.7 Å². The summed E-state index contributed by atoms with van der Waals surface area (Å²) in [5.74, 6) is -5.65. The quantitative estimate of drug-likeness (QED) is 0.0260. The molecule has 1 unspecified atom stereocenters. The zero-order valence-corrected chi connectivity index (χ0v) is 59.7. The number of ketones is 3. The van der Waals surface area contributed by atoms with E-state index in [-0.39, 0.29) is 129 Å². The van der Waals surface area contributed by atoms with Crippen molar-refractivity contribution in [3.05, 3.63) is 89.3 Å². The highest BCUT2D eigenvalue weighted by atomic mass is 16.6. The lowest BCUT2D eigenvalue weighted by Gasteiger charge is -2.41. The van der Waals surface area contributed by atoms with Crippen LogP contribution in [0, 0.1) is 61.2 Å². The molecular formula is C71H107N11O15. The molecule has 0 radical (unpaired) electrons. The largest absolute Gasteiger partial charge is 0.445 e. The summed E-state index contributed by atoms with van der Waals surface area (Å²) >= 11 is 0. The van der Waals surface area contributed by atoms with E-state index in [9.17, 15) is 48.3 Å². The Labute approximate surface area is 571 Å². The van der Waals surface area contributed by atoms with Gasteiger partial charge >= 0.3 is 12.1 Å². The van der Waals surface area contributed by atoms with Crippen molar-refractivity contribution in [2.75, 3.05) is 46.7 Å². The van der Waals surface area contributed by atoms with E-state index in [2.05, 4.69) is 36.3 Å². The van der Waals surface area contributed by atoms with Gasteiger partial charge in [0, 0.05) is 111 Å². The molecule has 1 aliphatic rings. The minimum atomic E-state index is -0.981. The van der Waals surface area contributed by atoms with E-state index >= 15 is 0 Å². The van der Waals surface area contributed by atoms with Crippen molar-refractivity contribution >= 4 is 58.8 Å². The van der Waals surface area contributed by atoms with Crippen molar-refractivity contribution in [3.63, 3.8) is 0 Å². The number of benzene rings is 2. The van der Waals surface area contributed by atoms with Gasteiger partial charge in [-0.15, -0.1) is 20.4 Å². The highest BCUT2D eigenvalue weighted by Gasteiger charge is 2.44. The zero-order valence-electron chi connectivity index (χ0n) is 59.7. The first-order valence-corrected chi connectivity index (χ1v) is 34.0. The van der Waals surface area contributed by atoms with Crippen LogP contribution in [0.3, 0.4) is 0 Å². The van der Waals surface area contributed by atoms with Crippen LogP contribution in [-0.4, -0.2) is 171 Å². The third-order valence-electron chi connectivity index (χ3n) is 18.8. The molecule has 26 heteroatoms. The number of likely N-dealkylation sites (N-methyl/N-ethyl adjacent to an activating group) is 2. The third kappa shape index (κ3) is 23.1. The van der Waals surface area contributed by atoms with Gasteiger partial charge in [0.15, 0.2) is 11.6 Å². The standard InChI is InChI=1S/C71H107N11O15/c1-17-43(8)64(58(93-15)38-61(87)82-32-22-26-54(82)66(94-16)45(10)55(83)33-44(9)65(88)49-23-19-18-20-24-49)80(13)69(90)53(40(2)3)37-57(85)63(42(6)7)81(14)71(92)95-39-48-27-29-52(30-28-48)74-67(89)50(25-21-31-73-70(72)91)34-56(84)62(41(4)5)75-59(86)35-51(68-79-77-47(12)97-68)36-60-78-76-46(11)96-60/h18-20,23-24,27-30,40-45,50-51,53-54,58,62-66,88H,17,21-22,25-26,31-39H2,1-16H3,(H,74,89)(H,75,86)(H3,72,73,91)/t43-,44-,45-,50+,51?,53-,54-,58+,62-,63-,64-,65+,66+/m0/s1. The number of anilines is 1. The first-order chi connectivity index (χ1) is 45.9. The highest BCUT2D eigenvalue weighted by molar-refractivity contribution is 5.97. The van der Waals surface area contributed by atoms with Gasteiger partial charge in [0.2, 0.25) is 47.2 Å². The molecule has 26 nitrogen and oxygen atoms in total. The number of nitrogens with one attached hydrogen (secondary N) is 3. The minimum Gasteiger partial charge on any atom is -0.445 e. The Balaban J connectivity index is 1.20. The number of aromatic nitrogens is 4. The second-order valence-corrected chi connectivity index (χ2v) is 27.2. The Morgan fingerprint density at radius 2 is 1.40 bits per heavy atom. The molecule has 7 amide bonds. The van der Waals surface area contributed by atoms with Gasteiger partial charge in [-0.05, 0) is 78.5 Å². The summed E-state index contributed by atoms with van der Waals surface area (Å²) < 4.78 is 29.1. The number of aliphatic hydroxyl groups excluding tert-OH is 1. The maximum atomic E-state index is 14.9. The molecule has 1 aliphatic heterocycles. The van der Waals surface area contributed by atoms with Crippen LogP contribution in [0.1, 0.15) is 180 Å². The lowest BCUT2D eigenvalue weighted by Crippen LogP contribution is -2.54. The summed E-state index contributed by atoms with van der Waals surface area (Å²) in [7, 11) is 6.24. The predicted molar refractivity (Wildman–Crippen MR) is 362 cm³/mol. The molecule has 97 heavy (non-hydrogen) atoms. The van der Waals surface area contributed by atoms with E-state index in [1.807, 2.05) is 85.7 Å². The molecular weight excluding hydrogens is 1250 g/mol. The molecule has 13 atom stereocenters. The van der Waals surface area contributed by atoms with Gasteiger partial charge in [0.05, 0.1) is 54.8 Å². The van der Waals surface area contributed by atoms with Gasteiger partial charge in [-0.25, -0.2) is 9.59 Å². The maximum absolute atomic E-state index is 14.9. The SMILES string of the molecule is CC[C@H](C)[C@@H]([C@@H](CC(=O)N1CCC[C@H]1[C@H](OC)[C@@H](C)C(=O)C[C@H](C)[C@@H](O)c1ccccc1)OC)N(C)C(=O)[C@@H](CC(=O)[C@H](C(C)C)N(C)C(=O)OCc1ccc(NC(=O)[C@H](CCCNC(N)=O)CC(=O)[C@@H](NC(=O)CC(Cc2nnc(C)o2)c2nnc(C)o2)C(C)C)cc1)C(C)C. The number of amides is 7. The smallest absolute Gasteiger partial charge is 0.410 e. The van der Waals surface area contributed by atoms with Crippen molar-refractivity contribution < 1.29 is 71.3 Å². The molecule has 536 valence electrons. The van der Waals surface area contributed by atoms with Crippen LogP contribution in [0.5, 0.6) is 0 Å². The summed E-state index contributed by atoms with van der Waals surface area (Å²) in [6, 6.07) is 12.1. The minimum absolute atomic E-state index is 0.0551. The topological polar surface area (TPSA) is 351 Å². The van der Waals surface area contributed by atoms with Crippen LogP contribution in [0.2, 0.25) is 0 Å². The molecule has 2 aromatic carbocycles. The summed E-state index contributed by atoms with van der Waals surface area (Å²) in [6.07, 6.45) is -0.873. The summed E-state index contributed by atoms with van der Waals surface area (Å²) in [5, 5.41) is 35.2. The Morgan fingerprint density at radius 1 is 0.742 bits per heavy atom. The third-order valence-corrected chi connectivity index (χ3v) is 18.8. The number of aliphatic hydroxyl groups is 1. The molecule has 5 rings (SSSR count). The van der Waals surface area contributed by atoms with Gasteiger partial charge in [-0.3, -0.25) is 33.6 Å². The fourth-order valence-corrected chi connectivity index (χ4v) is 13.2. The number of carbonyl (C=O) groups is 9. The number of rotatable bonds is 40. The number of ether oxygens (including phenoxy) is 3. The van der Waals surface area contributed by atoms with Crippen molar-refractivity contribution in [3.8, 4) is 0 Å². The van der Waals surface area contributed by atoms with Crippen LogP contribution in [0.4, 0.5) is 15.3 Å². The van der Waals surface area contributed by atoms with Gasteiger partial charge < -0.3 is 64.5 Å². The Bertz CT molecular complexity index is 3210. The fraction of sp³-hybridized carbons (Fsp3) is 0.648. The van der Waals surface area contributed by atoms with Crippen molar-refractivity contribution in [2.45, 2.75) is 209 Å². The molecule has 1 fully saturated rings. The average Bonchev–Trinajstić information content (AvgIpc) is 1.80. The van der Waals surface area contributed by atoms with Crippen LogP contribution in [-0.2, 0) is 60.8 Å². The normalized spacial score (nSPS) is 17.0. The molecule has 0 spiro atoms. The van der Waals surface area contributed by atoms with E-state index in [0.29, 0.717) is 55.3 Å². The summed E-state index contributed by atoms with van der Waals surface area (Å²) in [6.45, 7) is 22.3. The first-order valence-electron chi connectivity index (χ1n) is 34.0. The number of urea groups is 1. The molecule has 0 aliphatic carbocycles. The van der Waals surface area contributed by atoms with Crippen LogP contribution in [0.25, 0.3) is 0 Å². The Hall–Kier alpha value is -7.97. The molecule has 6 N–H and O–H groups in total. The summed E-state index contributed by atoms with van der Waals surface area (Å²) in [5.41, 5.74) is 6.96. The molecule has 2 aromatic heterocycles. The molecule has 4 aromatic rings. The van der Waals surface area contributed by atoms with Crippen molar-refractivity contribution in [1.82, 2.24) is 45.7 Å². The lowest BCUT2D eigenvalue weighted by atomic mass is 9.83. The molecule has 1 saturated heterocycles. The van der Waals surface area contributed by atoms with Crippen LogP contribution in [0.15, 0.2) is 63.4 Å². The van der Waals surface area contributed by atoms with Gasteiger partial charge in [-0.1, -0.05) is 118 Å². The molecule has 0 saturated carbocycles. The number of likely N-dealkylation sites (tertiary alicyclic amines) is 1. The van der Waals surface area contributed by atoms with Gasteiger partial charge in [-0.2, -0.15) is 0 Å². The van der Waals surface area contributed by atoms with Gasteiger partial charge in [0.25, 0.3) is 0 Å². The van der Waals surface area contributed by atoms with E-state index in [1.54, 1.807) is 75.9 Å². The second-order valence-electron chi connectivity index (χ2n) is 27.2. The van der Waals surface area contributed by atoms with Gasteiger partial charge in [0.1, 0.15) is 12.4 Å². The number of Topliss-reactive ketones (excluding diaryl/α,β-unsaturated/α-hetero) is 3. The number of methoxy groups -OCH3 is 2.